The lowest BCUT2D eigenvalue weighted by molar-refractivity contribution is 0.0113. The zero-order chi connectivity index (χ0) is 20.2. The van der Waals surface area contributed by atoms with Gasteiger partial charge in [0.05, 0.1) is 0 Å². The van der Waals surface area contributed by atoms with Gasteiger partial charge in [0.15, 0.2) is 0 Å². The van der Waals surface area contributed by atoms with Crippen LogP contribution in [0.3, 0.4) is 0 Å². The molecule has 1 aliphatic carbocycles. The van der Waals surface area contributed by atoms with E-state index < -0.39 is 0 Å². The van der Waals surface area contributed by atoms with Crippen LogP contribution in [0.4, 0.5) is 0 Å². The molecule has 0 aromatic heterocycles. The van der Waals surface area contributed by atoms with E-state index in [0.29, 0.717) is 11.8 Å². The highest BCUT2D eigenvalue weighted by molar-refractivity contribution is 5.50. The number of nitrogens with one attached hydrogen (secondary N) is 1. The molecule has 0 radical (unpaired) electrons. The van der Waals surface area contributed by atoms with Crippen LogP contribution in [-0.4, -0.2) is 12.1 Å². The highest BCUT2D eigenvalue weighted by Crippen LogP contribution is 2.51. The molecule has 2 aliphatic rings. The van der Waals surface area contributed by atoms with E-state index in [1.165, 1.54) is 41.5 Å². The second kappa shape index (κ2) is 8.99. The van der Waals surface area contributed by atoms with Crippen molar-refractivity contribution in [2.45, 2.75) is 85.7 Å². The molecule has 27 heavy (non-hydrogen) atoms. The van der Waals surface area contributed by atoms with Crippen molar-refractivity contribution in [3.8, 4) is 5.75 Å². The minimum Gasteiger partial charge on any atom is -0.487 e. The molecular formula is C25H39NO. The Morgan fingerprint density at radius 1 is 1.26 bits per heavy atom. The first-order valence-corrected chi connectivity index (χ1v) is 10.6. The normalized spacial score (nSPS) is 22.3. The molecule has 0 fully saturated rings. The predicted octanol–water partition coefficient (Wildman–Crippen LogP) is 6.69. The van der Waals surface area contributed by atoms with Gasteiger partial charge in [0.1, 0.15) is 11.4 Å². The minimum atomic E-state index is -0.0633. The fraction of sp³-hybridized carbons (Fsp3) is 0.600. The SMILES string of the molecule is C=C(C)NCC.CCCc1cc(C)c2c(c1)OC(C)(C)C1CCC(C)=CC21. The van der Waals surface area contributed by atoms with Gasteiger partial charge in [-0.1, -0.05) is 37.6 Å². The van der Waals surface area contributed by atoms with Crippen molar-refractivity contribution in [1.82, 2.24) is 5.32 Å². The molecule has 0 bridgehead atoms. The topological polar surface area (TPSA) is 21.3 Å². The third-order valence-electron chi connectivity index (χ3n) is 5.77. The van der Waals surface area contributed by atoms with E-state index >= 15 is 0 Å². The van der Waals surface area contributed by atoms with E-state index in [9.17, 15) is 0 Å². The molecule has 2 nitrogen and oxygen atoms in total. The molecule has 1 aromatic carbocycles. The summed E-state index contributed by atoms with van der Waals surface area (Å²) in [5, 5.41) is 3.01. The fourth-order valence-electron chi connectivity index (χ4n) is 4.58. The molecule has 0 saturated heterocycles. The van der Waals surface area contributed by atoms with E-state index in [-0.39, 0.29) is 5.60 Å². The van der Waals surface area contributed by atoms with Crippen molar-refractivity contribution in [1.29, 1.82) is 0 Å². The summed E-state index contributed by atoms with van der Waals surface area (Å²) in [6.45, 7) is 19.9. The summed E-state index contributed by atoms with van der Waals surface area (Å²) in [7, 11) is 0. The van der Waals surface area contributed by atoms with Crippen LogP contribution in [0.1, 0.15) is 83.4 Å². The van der Waals surface area contributed by atoms with Gasteiger partial charge < -0.3 is 10.1 Å². The van der Waals surface area contributed by atoms with Crippen molar-refractivity contribution in [3.63, 3.8) is 0 Å². The molecule has 3 rings (SSSR count). The zero-order valence-electron chi connectivity index (χ0n) is 18.5. The first kappa shape index (κ1) is 21.6. The second-order valence-electron chi connectivity index (χ2n) is 8.77. The maximum Gasteiger partial charge on any atom is 0.124 e. The lowest BCUT2D eigenvalue weighted by atomic mass is 9.67. The summed E-state index contributed by atoms with van der Waals surface area (Å²) in [6, 6.07) is 4.67. The van der Waals surface area contributed by atoms with Gasteiger partial charge in [-0.2, -0.15) is 0 Å². The lowest BCUT2D eigenvalue weighted by Gasteiger charge is -2.47. The Morgan fingerprint density at radius 3 is 2.52 bits per heavy atom. The average Bonchev–Trinajstić information content (AvgIpc) is 2.54. The largest absolute Gasteiger partial charge is 0.487 e. The predicted molar refractivity (Wildman–Crippen MR) is 118 cm³/mol. The number of benzene rings is 1. The summed E-state index contributed by atoms with van der Waals surface area (Å²) in [5.74, 6) is 2.27. The van der Waals surface area contributed by atoms with Crippen LogP contribution in [0.15, 0.2) is 36.1 Å². The van der Waals surface area contributed by atoms with Crippen molar-refractivity contribution >= 4 is 0 Å². The third kappa shape index (κ3) is 5.18. The summed E-state index contributed by atoms with van der Waals surface area (Å²) in [5.41, 5.74) is 6.78. The van der Waals surface area contributed by atoms with Crippen molar-refractivity contribution in [2.75, 3.05) is 6.54 Å². The Hall–Kier alpha value is -1.70. The lowest BCUT2D eigenvalue weighted by Crippen LogP contribution is -2.45. The number of hydrogen-bond donors (Lipinski definition) is 1. The Balaban J connectivity index is 0.000000380. The monoisotopic (exact) mass is 369 g/mol. The number of ether oxygens (including phenoxy) is 1. The van der Waals surface area contributed by atoms with Crippen LogP contribution in [-0.2, 0) is 6.42 Å². The Labute approximate surface area is 167 Å². The highest BCUT2D eigenvalue weighted by atomic mass is 16.5. The van der Waals surface area contributed by atoms with Crippen LogP contribution in [0, 0.1) is 12.8 Å². The van der Waals surface area contributed by atoms with Gasteiger partial charge >= 0.3 is 0 Å². The first-order chi connectivity index (χ1) is 12.7. The molecule has 2 heteroatoms. The molecule has 0 saturated carbocycles. The van der Waals surface area contributed by atoms with E-state index in [1.807, 2.05) is 6.92 Å². The van der Waals surface area contributed by atoms with Crippen LogP contribution >= 0.6 is 0 Å². The van der Waals surface area contributed by atoms with E-state index in [1.54, 1.807) is 0 Å². The maximum atomic E-state index is 6.46. The number of fused-ring (bicyclic) bond motifs is 3. The Kier molecular flexibility index (Phi) is 7.19. The number of allylic oxidation sites excluding steroid dienone is 3. The van der Waals surface area contributed by atoms with Gasteiger partial charge in [0.2, 0.25) is 0 Å². The molecule has 0 spiro atoms. The summed E-state index contributed by atoms with van der Waals surface area (Å²) >= 11 is 0. The van der Waals surface area contributed by atoms with Gasteiger partial charge in [-0.25, -0.2) is 0 Å². The minimum absolute atomic E-state index is 0.0633. The Morgan fingerprint density at radius 2 is 1.96 bits per heavy atom. The average molecular weight is 370 g/mol. The summed E-state index contributed by atoms with van der Waals surface area (Å²) < 4.78 is 6.46. The standard InChI is InChI=1S/C20H28O.C5H11N/c1-6-7-15-11-14(3)19-16-10-13(2)8-9-17(16)20(4,5)21-18(19)12-15;1-4-6-5(2)3/h10-12,16-17H,6-9H2,1-5H3;6H,2,4H2,1,3H3. The molecule has 2 atom stereocenters. The van der Waals surface area contributed by atoms with E-state index in [0.717, 1.165) is 24.4 Å². The smallest absolute Gasteiger partial charge is 0.124 e. The molecule has 150 valence electrons. The van der Waals surface area contributed by atoms with E-state index in [4.69, 9.17) is 4.74 Å². The number of aryl methyl sites for hydroxylation is 2. The van der Waals surface area contributed by atoms with Gasteiger partial charge in [0, 0.05) is 29.6 Å². The molecule has 1 aromatic rings. The highest BCUT2D eigenvalue weighted by Gasteiger charge is 2.44. The van der Waals surface area contributed by atoms with Gasteiger partial charge in [0.25, 0.3) is 0 Å². The van der Waals surface area contributed by atoms with Gasteiger partial charge in [-0.05, 0) is 78.0 Å². The number of hydrogen-bond acceptors (Lipinski definition) is 2. The molecule has 0 amide bonds. The third-order valence-corrected chi connectivity index (χ3v) is 5.77. The molecule has 1 heterocycles. The molecule has 1 N–H and O–H groups in total. The van der Waals surface area contributed by atoms with E-state index in [2.05, 4.69) is 71.6 Å². The zero-order valence-corrected chi connectivity index (χ0v) is 18.5. The van der Waals surface area contributed by atoms with Crippen LogP contribution in [0.25, 0.3) is 0 Å². The molecule has 1 aliphatic heterocycles. The fourth-order valence-corrected chi connectivity index (χ4v) is 4.58. The van der Waals surface area contributed by atoms with Crippen molar-refractivity contribution < 1.29 is 4.74 Å². The van der Waals surface area contributed by atoms with Crippen LogP contribution in [0.2, 0.25) is 0 Å². The summed E-state index contributed by atoms with van der Waals surface area (Å²) in [4.78, 5) is 0. The summed E-state index contributed by atoms with van der Waals surface area (Å²) in [6.07, 6.45) is 7.29. The Bertz CT molecular complexity index is 699. The second-order valence-corrected chi connectivity index (χ2v) is 8.77. The molecule has 2 unspecified atom stereocenters. The first-order valence-electron chi connectivity index (χ1n) is 10.6. The van der Waals surface area contributed by atoms with Gasteiger partial charge in [-0.15, -0.1) is 0 Å². The number of rotatable bonds is 4. The maximum absolute atomic E-state index is 6.46. The molecular weight excluding hydrogens is 330 g/mol. The quantitative estimate of drug-likeness (QED) is 0.597. The van der Waals surface area contributed by atoms with Crippen molar-refractivity contribution in [2.24, 2.45) is 5.92 Å². The van der Waals surface area contributed by atoms with Crippen LogP contribution < -0.4 is 10.1 Å². The van der Waals surface area contributed by atoms with Gasteiger partial charge in [-0.3, -0.25) is 0 Å². The van der Waals surface area contributed by atoms with Crippen LogP contribution in [0.5, 0.6) is 5.75 Å². The van der Waals surface area contributed by atoms with Crippen molar-refractivity contribution in [3.05, 3.63) is 52.7 Å².